The molecule has 108 valence electrons. The first-order valence-electron chi connectivity index (χ1n) is 6.27. The Morgan fingerprint density at radius 2 is 2.35 bits per heavy atom. The SMILES string of the molecule is O=C(O)CC1CCCCN1c1ncc([N+](=O)[O-])cc1Cl. The Morgan fingerprint density at radius 3 is 2.95 bits per heavy atom. The number of anilines is 1. The summed E-state index contributed by atoms with van der Waals surface area (Å²) in [6.45, 7) is 0.655. The second-order valence-corrected chi connectivity index (χ2v) is 5.10. The highest BCUT2D eigenvalue weighted by atomic mass is 35.5. The largest absolute Gasteiger partial charge is 0.481 e. The summed E-state index contributed by atoms with van der Waals surface area (Å²) in [5.74, 6) is -0.455. The lowest BCUT2D eigenvalue weighted by Gasteiger charge is -2.36. The minimum Gasteiger partial charge on any atom is -0.481 e. The van der Waals surface area contributed by atoms with Gasteiger partial charge >= 0.3 is 5.97 Å². The van der Waals surface area contributed by atoms with Crippen LogP contribution in [0.2, 0.25) is 5.02 Å². The molecular formula is C12H14ClN3O4. The van der Waals surface area contributed by atoms with E-state index in [-0.39, 0.29) is 23.2 Å². The minimum atomic E-state index is -0.875. The Balaban J connectivity index is 2.27. The maximum atomic E-state index is 10.9. The van der Waals surface area contributed by atoms with Crippen molar-refractivity contribution in [3.05, 3.63) is 27.4 Å². The number of carboxylic acid groups (broad SMARTS) is 1. The van der Waals surface area contributed by atoms with E-state index in [2.05, 4.69) is 4.98 Å². The highest BCUT2D eigenvalue weighted by molar-refractivity contribution is 6.33. The number of halogens is 1. The van der Waals surface area contributed by atoms with E-state index in [1.54, 1.807) is 0 Å². The molecule has 1 aliphatic rings. The summed E-state index contributed by atoms with van der Waals surface area (Å²) in [6, 6.07) is 1.07. The summed E-state index contributed by atoms with van der Waals surface area (Å²) in [7, 11) is 0. The maximum absolute atomic E-state index is 10.9. The third-order valence-electron chi connectivity index (χ3n) is 3.33. The molecule has 1 fully saturated rings. The lowest BCUT2D eigenvalue weighted by atomic mass is 9.99. The van der Waals surface area contributed by atoms with Gasteiger partial charge in [0, 0.05) is 18.7 Å². The zero-order chi connectivity index (χ0) is 14.7. The van der Waals surface area contributed by atoms with Crippen molar-refractivity contribution < 1.29 is 14.8 Å². The van der Waals surface area contributed by atoms with Crippen molar-refractivity contribution in [3.8, 4) is 0 Å². The van der Waals surface area contributed by atoms with Gasteiger partial charge in [0.15, 0.2) is 0 Å². The first kappa shape index (κ1) is 14.5. The van der Waals surface area contributed by atoms with Gasteiger partial charge in [0.2, 0.25) is 0 Å². The third kappa shape index (κ3) is 3.16. The Bertz CT molecular complexity index is 537. The van der Waals surface area contributed by atoms with Gasteiger partial charge in [-0.05, 0) is 19.3 Å². The lowest BCUT2D eigenvalue weighted by Crippen LogP contribution is -2.41. The zero-order valence-electron chi connectivity index (χ0n) is 10.7. The summed E-state index contributed by atoms with van der Waals surface area (Å²) >= 11 is 6.05. The van der Waals surface area contributed by atoms with E-state index >= 15 is 0 Å². The number of nitrogens with zero attached hydrogens (tertiary/aromatic N) is 3. The normalized spacial score (nSPS) is 18.9. The predicted octanol–water partition coefficient (Wildman–Crippen LogP) is 2.48. The van der Waals surface area contributed by atoms with E-state index in [9.17, 15) is 14.9 Å². The van der Waals surface area contributed by atoms with Crippen LogP contribution >= 0.6 is 11.6 Å². The molecule has 0 aromatic carbocycles. The molecule has 1 aromatic rings. The maximum Gasteiger partial charge on any atom is 0.305 e. The van der Waals surface area contributed by atoms with Crippen molar-refractivity contribution in [2.24, 2.45) is 0 Å². The van der Waals surface area contributed by atoms with Crippen molar-refractivity contribution in [3.63, 3.8) is 0 Å². The first-order valence-corrected chi connectivity index (χ1v) is 6.65. The van der Waals surface area contributed by atoms with E-state index in [0.29, 0.717) is 12.4 Å². The Kier molecular flexibility index (Phi) is 4.39. The van der Waals surface area contributed by atoms with Crippen LogP contribution in [0.25, 0.3) is 0 Å². The second-order valence-electron chi connectivity index (χ2n) is 4.70. The molecule has 0 spiro atoms. The Morgan fingerprint density at radius 1 is 1.60 bits per heavy atom. The molecule has 0 aliphatic carbocycles. The molecule has 2 heterocycles. The number of rotatable bonds is 4. The van der Waals surface area contributed by atoms with Gasteiger partial charge in [0.25, 0.3) is 5.69 Å². The van der Waals surface area contributed by atoms with Crippen molar-refractivity contribution in [1.82, 2.24) is 4.98 Å². The molecule has 1 aliphatic heterocycles. The number of carboxylic acids is 1. The van der Waals surface area contributed by atoms with Crippen LogP contribution in [0.15, 0.2) is 12.3 Å². The second kappa shape index (κ2) is 6.04. The molecule has 2 rings (SSSR count). The van der Waals surface area contributed by atoms with Gasteiger partial charge in [0.1, 0.15) is 12.0 Å². The van der Waals surface area contributed by atoms with E-state index in [4.69, 9.17) is 16.7 Å². The van der Waals surface area contributed by atoms with E-state index < -0.39 is 10.9 Å². The fourth-order valence-electron chi connectivity index (χ4n) is 2.42. The molecule has 8 heteroatoms. The number of carbonyl (C=O) groups is 1. The van der Waals surface area contributed by atoms with Gasteiger partial charge in [-0.15, -0.1) is 0 Å². The molecule has 1 aromatic heterocycles. The molecule has 0 saturated carbocycles. The highest BCUT2D eigenvalue weighted by Gasteiger charge is 2.27. The Labute approximate surface area is 120 Å². The van der Waals surface area contributed by atoms with E-state index in [0.717, 1.165) is 25.5 Å². The number of nitro groups is 1. The van der Waals surface area contributed by atoms with Gasteiger partial charge in [-0.25, -0.2) is 4.98 Å². The number of pyridine rings is 1. The molecule has 7 nitrogen and oxygen atoms in total. The first-order chi connectivity index (χ1) is 9.49. The third-order valence-corrected chi connectivity index (χ3v) is 3.61. The average Bonchev–Trinajstić information content (AvgIpc) is 2.39. The van der Waals surface area contributed by atoms with Gasteiger partial charge < -0.3 is 10.0 Å². The number of hydrogen-bond donors (Lipinski definition) is 1. The standard InChI is InChI=1S/C12H14ClN3O4/c13-10-5-9(16(19)20)7-14-12(10)15-4-2-1-3-8(15)6-11(17)18/h5,7-8H,1-4,6H2,(H,17,18). The monoisotopic (exact) mass is 299 g/mol. The van der Waals surface area contributed by atoms with Crippen LogP contribution in [-0.4, -0.2) is 33.6 Å². The fraction of sp³-hybridized carbons (Fsp3) is 0.500. The quantitative estimate of drug-likeness (QED) is 0.677. The summed E-state index contributed by atoms with van der Waals surface area (Å²) in [5, 5.41) is 19.8. The smallest absolute Gasteiger partial charge is 0.305 e. The molecule has 1 saturated heterocycles. The van der Waals surface area contributed by atoms with Crippen molar-refractivity contribution in [2.45, 2.75) is 31.7 Å². The number of aliphatic carboxylic acids is 1. The van der Waals surface area contributed by atoms with Crippen molar-refractivity contribution >= 4 is 29.1 Å². The Hall–Kier alpha value is -1.89. The molecule has 1 unspecified atom stereocenters. The summed E-state index contributed by atoms with van der Waals surface area (Å²) in [5.41, 5.74) is -0.175. The van der Waals surface area contributed by atoms with Crippen LogP contribution in [0.5, 0.6) is 0 Å². The molecule has 20 heavy (non-hydrogen) atoms. The van der Waals surface area contributed by atoms with Crippen LogP contribution in [0.1, 0.15) is 25.7 Å². The number of hydrogen-bond acceptors (Lipinski definition) is 5. The van der Waals surface area contributed by atoms with Crippen LogP contribution in [0.3, 0.4) is 0 Å². The topological polar surface area (TPSA) is 96.6 Å². The van der Waals surface area contributed by atoms with Crippen LogP contribution in [0.4, 0.5) is 11.5 Å². The van der Waals surface area contributed by atoms with E-state index in [1.165, 1.54) is 6.07 Å². The fourth-order valence-corrected chi connectivity index (χ4v) is 2.69. The highest BCUT2D eigenvalue weighted by Crippen LogP contribution is 2.32. The van der Waals surface area contributed by atoms with E-state index in [1.807, 2.05) is 4.90 Å². The van der Waals surface area contributed by atoms with Crippen LogP contribution < -0.4 is 4.90 Å². The molecule has 0 radical (unpaired) electrons. The van der Waals surface area contributed by atoms with Crippen LogP contribution in [0, 0.1) is 10.1 Å². The number of piperidine rings is 1. The summed E-state index contributed by atoms with van der Waals surface area (Å²) in [4.78, 5) is 26.9. The number of aromatic nitrogens is 1. The van der Waals surface area contributed by atoms with Gasteiger partial charge in [-0.1, -0.05) is 11.6 Å². The van der Waals surface area contributed by atoms with Crippen molar-refractivity contribution in [1.29, 1.82) is 0 Å². The minimum absolute atomic E-state index is 0.00893. The van der Waals surface area contributed by atoms with Crippen LogP contribution in [-0.2, 0) is 4.79 Å². The molecule has 0 bridgehead atoms. The molecular weight excluding hydrogens is 286 g/mol. The van der Waals surface area contributed by atoms with Gasteiger partial charge in [-0.3, -0.25) is 14.9 Å². The summed E-state index contributed by atoms with van der Waals surface area (Å²) in [6.07, 6.45) is 3.79. The lowest BCUT2D eigenvalue weighted by molar-refractivity contribution is -0.385. The molecule has 0 amide bonds. The van der Waals surface area contributed by atoms with Gasteiger partial charge in [0.05, 0.1) is 16.4 Å². The van der Waals surface area contributed by atoms with Gasteiger partial charge in [-0.2, -0.15) is 0 Å². The molecule has 1 atom stereocenters. The van der Waals surface area contributed by atoms with Crippen molar-refractivity contribution in [2.75, 3.05) is 11.4 Å². The average molecular weight is 300 g/mol. The zero-order valence-corrected chi connectivity index (χ0v) is 11.4. The molecule has 1 N–H and O–H groups in total. The summed E-state index contributed by atoms with van der Waals surface area (Å²) < 4.78 is 0. The predicted molar refractivity (Wildman–Crippen MR) is 73.1 cm³/mol.